The molecule has 1 aliphatic rings. The first-order chi connectivity index (χ1) is 6.66. The molecule has 0 spiro atoms. The summed E-state index contributed by atoms with van der Waals surface area (Å²) in [5.74, 6) is -0.0497. The van der Waals surface area contributed by atoms with E-state index in [9.17, 15) is 9.59 Å². The summed E-state index contributed by atoms with van der Waals surface area (Å²) < 4.78 is 1.45. The van der Waals surface area contributed by atoms with Gasteiger partial charge in [-0.1, -0.05) is 5.21 Å². The highest BCUT2D eigenvalue weighted by atomic mass is 16.1. The largest absolute Gasteiger partial charge is 0.299 e. The van der Waals surface area contributed by atoms with E-state index in [2.05, 4.69) is 10.3 Å². The molecule has 0 aromatic carbocycles. The van der Waals surface area contributed by atoms with Gasteiger partial charge in [0.25, 0.3) is 0 Å². The number of hydrogen-bond donors (Lipinski definition) is 0. The third-order valence-corrected chi connectivity index (χ3v) is 2.26. The minimum atomic E-state index is -0.227. The van der Waals surface area contributed by atoms with Gasteiger partial charge in [-0.15, -0.1) is 5.10 Å². The molecule has 1 aromatic rings. The standard InChI is InChI=1S/C9H11N3O2/c1-12-5-7(10-11-12)9(14)4-8(13)6-2-3-6/h5-6H,2-4H2,1H3. The third-order valence-electron chi connectivity index (χ3n) is 2.26. The normalized spacial score (nSPS) is 15.5. The van der Waals surface area contributed by atoms with Crippen LogP contribution in [0.2, 0.25) is 0 Å². The smallest absolute Gasteiger partial charge is 0.192 e. The topological polar surface area (TPSA) is 64.8 Å². The molecule has 1 fully saturated rings. The van der Waals surface area contributed by atoms with Crippen LogP contribution in [0.25, 0.3) is 0 Å². The molecule has 1 saturated carbocycles. The number of Topliss-reactive ketones (excluding diaryl/α,β-unsaturated/α-hetero) is 2. The van der Waals surface area contributed by atoms with Gasteiger partial charge in [0.15, 0.2) is 5.78 Å². The molecule has 5 nitrogen and oxygen atoms in total. The van der Waals surface area contributed by atoms with Crippen molar-refractivity contribution in [3.8, 4) is 0 Å². The molecule has 0 atom stereocenters. The van der Waals surface area contributed by atoms with Gasteiger partial charge in [0.2, 0.25) is 0 Å². The summed E-state index contributed by atoms with van der Waals surface area (Å²) in [6.45, 7) is 0. The molecular formula is C9H11N3O2. The molecule has 14 heavy (non-hydrogen) atoms. The quantitative estimate of drug-likeness (QED) is 0.511. The summed E-state index contributed by atoms with van der Waals surface area (Å²) in [4.78, 5) is 22.8. The number of nitrogens with zero attached hydrogens (tertiary/aromatic N) is 3. The van der Waals surface area contributed by atoms with Crippen LogP contribution in [0.4, 0.5) is 0 Å². The second kappa shape index (κ2) is 3.32. The predicted molar refractivity (Wildman–Crippen MR) is 47.7 cm³/mol. The molecule has 1 aliphatic carbocycles. The fourth-order valence-corrected chi connectivity index (χ4v) is 1.27. The van der Waals surface area contributed by atoms with E-state index in [-0.39, 0.29) is 29.6 Å². The molecule has 0 amide bonds. The average molecular weight is 193 g/mol. The van der Waals surface area contributed by atoms with Gasteiger partial charge in [-0.2, -0.15) is 0 Å². The minimum Gasteiger partial charge on any atom is -0.299 e. The summed E-state index contributed by atoms with van der Waals surface area (Å²) in [5.41, 5.74) is 0.279. The Kier molecular flexibility index (Phi) is 2.15. The van der Waals surface area contributed by atoms with Crippen LogP contribution in [0.15, 0.2) is 6.20 Å². The molecule has 74 valence electrons. The van der Waals surface area contributed by atoms with Gasteiger partial charge in [0.1, 0.15) is 11.5 Å². The van der Waals surface area contributed by atoms with E-state index >= 15 is 0 Å². The predicted octanol–water partition coefficient (Wildman–Crippen LogP) is 0.367. The summed E-state index contributed by atoms with van der Waals surface area (Å²) in [5, 5.41) is 7.30. The van der Waals surface area contributed by atoms with E-state index in [0.717, 1.165) is 12.8 Å². The van der Waals surface area contributed by atoms with Gasteiger partial charge in [0.05, 0.1) is 12.6 Å². The molecule has 0 aliphatic heterocycles. The lowest BCUT2D eigenvalue weighted by atomic mass is 10.1. The van der Waals surface area contributed by atoms with E-state index in [1.807, 2.05) is 0 Å². The highest BCUT2D eigenvalue weighted by Crippen LogP contribution is 2.31. The van der Waals surface area contributed by atoms with Crippen molar-refractivity contribution in [2.75, 3.05) is 0 Å². The van der Waals surface area contributed by atoms with Gasteiger partial charge in [-0.05, 0) is 12.8 Å². The molecule has 1 aromatic heterocycles. The monoisotopic (exact) mass is 193 g/mol. The second-order valence-corrected chi connectivity index (χ2v) is 3.62. The lowest BCUT2D eigenvalue weighted by Crippen LogP contribution is -2.10. The SMILES string of the molecule is Cn1cc(C(=O)CC(=O)C2CC2)nn1. The zero-order valence-electron chi connectivity index (χ0n) is 7.93. The first-order valence-corrected chi connectivity index (χ1v) is 4.59. The summed E-state index contributed by atoms with van der Waals surface area (Å²) in [6.07, 6.45) is 3.38. The lowest BCUT2D eigenvalue weighted by Gasteiger charge is -1.93. The van der Waals surface area contributed by atoms with E-state index in [4.69, 9.17) is 0 Å². The van der Waals surface area contributed by atoms with Crippen LogP contribution in [-0.4, -0.2) is 26.6 Å². The van der Waals surface area contributed by atoms with Gasteiger partial charge in [-0.3, -0.25) is 14.3 Å². The highest BCUT2D eigenvalue weighted by Gasteiger charge is 2.31. The number of rotatable bonds is 4. The Morgan fingerprint density at radius 2 is 2.29 bits per heavy atom. The van der Waals surface area contributed by atoms with Crippen molar-refractivity contribution in [1.29, 1.82) is 0 Å². The Balaban J connectivity index is 1.98. The molecule has 1 heterocycles. The van der Waals surface area contributed by atoms with E-state index < -0.39 is 0 Å². The number of aromatic nitrogens is 3. The maximum absolute atomic E-state index is 11.5. The van der Waals surface area contributed by atoms with Crippen LogP contribution in [0.1, 0.15) is 29.8 Å². The maximum Gasteiger partial charge on any atom is 0.192 e. The molecule has 0 radical (unpaired) electrons. The average Bonchev–Trinajstić information content (AvgIpc) is 2.89. The van der Waals surface area contributed by atoms with Crippen molar-refractivity contribution >= 4 is 11.6 Å². The van der Waals surface area contributed by atoms with Crippen LogP contribution in [-0.2, 0) is 11.8 Å². The number of aryl methyl sites for hydroxylation is 1. The van der Waals surface area contributed by atoms with Crippen LogP contribution in [0, 0.1) is 5.92 Å². The Morgan fingerprint density at radius 1 is 1.57 bits per heavy atom. The van der Waals surface area contributed by atoms with Crippen molar-refractivity contribution in [1.82, 2.24) is 15.0 Å². The molecule has 5 heteroatoms. The fourth-order valence-electron chi connectivity index (χ4n) is 1.27. The van der Waals surface area contributed by atoms with Crippen molar-refractivity contribution < 1.29 is 9.59 Å². The first-order valence-electron chi connectivity index (χ1n) is 4.59. The van der Waals surface area contributed by atoms with E-state index in [1.54, 1.807) is 7.05 Å². The number of hydrogen-bond acceptors (Lipinski definition) is 4. The van der Waals surface area contributed by atoms with Crippen LogP contribution in [0.3, 0.4) is 0 Å². The fraction of sp³-hybridized carbons (Fsp3) is 0.556. The third kappa shape index (κ3) is 1.86. The molecule has 0 N–H and O–H groups in total. The highest BCUT2D eigenvalue weighted by molar-refractivity contribution is 6.07. The van der Waals surface area contributed by atoms with E-state index in [0.29, 0.717) is 0 Å². The Labute approximate surface area is 81.1 Å². The van der Waals surface area contributed by atoms with Crippen LogP contribution in [0.5, 0.6) is 0 Å². The zero-order chi connectivity index (χ0) is 10.1. The number of ketones is 2. The van der Waals surface area contributed by atoms with Crippen molar-refractivity contribution in [3.05, 3.63) is 11.9 Å². The Hall–Kier alpha value is -1.52. The molecule has 2 rings (SSSR count). The lowest BCUT2D eigenvalue weighted by molar-refractivity contribution is -0.119. The number of carbonyl (C=O) groups excluding carboxylic acids is 2. The van der Waals surface area contributed by atoms with Crippen LogP contribution < -0.4 is 0 Å². The van der Waals surface area contributed by atoms with Gasteiger partial charge >= 0.3 is 0 Å². The summed E-state index contributed by atoms with van der Waals surface area (Å²) in [7, 11) is 1.69. The molecule has 0 bridgehead atoms. The zero-order valence-corrected chi connectivity index (χ0v) is 7.93. The second-order valence-electron chi connectivity index (χ2n) is 3.62. The maximum atomic E-state index is 11.5. The summed E-state index contributed by atoms with van der Waals surface area (Å²) >= 11 is 0. The van der Waals surface area contributed by atoms with Gasteiger partial charge < -0.3 is 0 Å². The molecular weight excluding hydrogens is 182 g/mol. The first kappa shape index (κ1) is 9.05. The molecule has 0 unspecified atom stereocenters. The summed E-state index contributed by atoms with van der Waals surface area (Å²) in [6, 6.07) is 0. The van der Waals surface area contributed by atoms with Crippen LogP contribution >= 0.6 is 0 Å². The Bertz CT molecular complexity index is 379. The minimum absolute atomic E-state index is 0.0244. The van der Waals surface area contributed by atoms with Crippen molar-refractivity contribution in [3.63, 3.8) is 0 Å². The van der Waals surface area contributed by atoms with Crippen molar-refractivity contribution in [2.24, 2.45) is 13.0 Å². The van der Waals surface area contributed by atoms with Gasteiger partial charge in [0, 0.05) is 13.0 Å². The van der Waals surface area contributed by atoms with E-state index in [1.165, 1.54) is 10.9 Å². The van der Waals surface area contributed by atoms with Gasteiger partial charge in [-0.25, -0.2) is 0 Å². The Morgan fingerprint density at radius 3 is 2.79 bits per heavy atom. The van der Waals surface area contributed by atoms with Crippen molar-refractivity contribution in [2.45, 2.75) is 19.3 Å². The number of carbonyl (C=O) groups is 2. The molecule has 0 saturated heterocycles.